The van der Waals surface area contributed by atoms with E-state index in [1.165, 1.54) is 59.8 Å². The zero-order valence-electron chi connectivity index (χ0n) is 14.9. The lowest BCUT2D eigenvalue weighted by Crippen LogP contribution is -1.89. The van der Waals surface area contributed by atoms with Crippen LogP contribution >= 0.6 is 0 Å². The smallest absolute Gasteiger partial charge is 0.00988 e. The molecule has 0 spiro atoms. The van der Waals surface area contributed by atoms with Gasteiger partial charge in [0, 0.05) is 0 Å². The summed E-state index contributed by atoms with van der Waals surface area (Å²) in [5.74, 6) is 0. The standard InChI is InChI=1S/C25H20/c1-15-10-22-14-25-21(13-23(22)17(3)16(15)2)9-8-20-11-18-6-4-5-7-19(18)12-24(20)25/h4-14H,1-3H3. The Kier molecular flexibility index (Phi) is 2.93. The molecule has 0 aromatic heterocycles. The summed E-state index contributed by atoms with van der Waals surface area (Å²) in [5, 5.41) is 10.6. The van der Waals surface area contributed by atoms with Gasteiger partial charge in [-0.2, -0.15) is 0 Å². The summed E-state index contributed by atoms with van der Waals surface area (Å²) < 4.78 is 0. The Hall–Kier alpha value is -2.86. The van der Waals surface area contributed by atoms with E-state index in [0.29, 0.717) is 0 Å². The van der Waals surface area contributed by atoms with Crippen molar-refractivity contribution in [2.24, 2.45) is 0 Å². The Morgan fingerprint density at radius 3 is 1.72 bits per heavy atom. The Bertz CT molecular complexity index is 1310. The Morgan fingerprint density at radius 2 is 1.00 bits per heavy atom. The summed E-state index contributed by atoms with van der Waals surface area (Å²) in [7, 11) is 0. The second kappa shape index (κ2) is 5.07. The highest BCUT2D eigenvalue weighted by Gasteiger charge is 2.08. The lowest BCUT2D eigenvalue weighted by Gasteiger charge is -2.13. The molecule has 0 amide bonds. The van der Waals surface area contributed by atoms with E-state index in [9.17, 15) is 0 Å². The van der Waals surface area contributed by atoms with Crippen molar-refractivity contribution in [3.05, 3.63) is 83.4 Å². The van der Waals surface area contributed by atoms with Crippen LogP contribution in [-0.2, 0) is 0 Å². The largest absolute Gasteiger partial charge is 0.0616 e. The lowest BCUT2D eigenvalue weighted by atomic mass is 9.92. The Balaban J connectivity index is 1.97. The van der Waals surface area contributed by atoms with Gasteiger partial charge < -0.3 is 0 Å². The fraction of sp³-hybridized carbons (Fsp3) is 0.120. The number of hydrogen-bond donors (Lipinski definition) is 0. The first kappa shape index (κ1) is 14.5. The molecule has 0 bridgehead atoms. The Labute approximate surface area is 147 Å². The summed E-state index contributed by atoms with van der Waals surface area (Å²) >= 11 is 0. The van der Waals surface area contributed by atoms with Crippen molar-refractivity contribution in [2.75, 3.05) is 0 Å². The molecule has 0 unspecified atom stereocenters. The van der Waals surface area contributed by atoms with Crippen LogP contribution in [-0.4, -0.2) is 0 Å². The van der Waals surface area contributed by atoms with Gasteiger partial charge in [0.15, 0.2) is 0 Å². The van der Waals surface area contributed by atoms with E-state index in [2.05, 4.69) is 87.5 Å². The van der Waals surface area contributed by atoms with E-state index in [1.807, 2.05) is 0 Å². The fourth-order valence-corrected chi connectivity index (χ4v) is 4.10. The zero-order chi connectivity index (χ0) is 17.1. The normalized spacial score (nSPS) is 11.8. The van der Waals surface area contributed by atoms with Gasteiger partial charge in [-0.25, -0.2) is 0 Å². The van der Waals surface area contributed by atoms with Crippen molar-refractivity contribution in [3.8, 4) is 0 Å². The molecule has 0 aliphatic carbocycles. The first-order valence-corrected chi connectivity index (χ1v) is 8.87. The topological polar surface area (TPSA) is 0 Å². The SMILES string of the molecule is Cc1cc2cc3c(ccc4cc5ccccc5cc43)cc2c(C)c1C. The molecule has 0 aliphatic heterocycles. The average molecular weight is 320 g/mol. The first-order valence-electron chi connectivity index (χ1n) is 8.87. The second-order valence-electron chi connectivity index (χ2n) is 7.22. The third-order valence-electron chi connectivity index (χ3n) is 5.80. The molecule has 5 aromatic rings. The van der Waals surface area contributed by atoms with Crippen LogP contribution in [0.1, 0.15) is 16.7 Å². The van der Waals surface area contributed by atoms with Crippen LogP contribution in [0.2, 0.25) is 0 Å². The van der Waals surface area contributed by atoms with Crippen LogP contribution in [0.4, 0.5) is 0 Å². The average Bonchev–Trinajstić information content (AvgIpc) is 2.63. The maximum absolute atomic E-state index is 2.38. The molecule has 5 aromatic carbocycles. The van der Waals surface area contributed by atoms with Crippen molar-refractivity contribution in [1.29, 1.82) is 0 Å². The second-order valence-corrected chi connectivity index (χ2v) is 7.22. The number of rotatable bonds is 0. The molecular weight excluding hydrogens is 300 g/mol. The summed E-state index contributed by atoms with van der Waals surface area (Å²) in [6.07, 6.45) is 0. The molecule has 0 fully saturated rings. The molecule has 0 heterocycles. The van der Waals surface area contributed by atoms with Crippen molar-refractivity contribution >= 4 is 43.1 Å². The van der Waals surface area contributed by atoms with Gasteiger partial charge in [-0.3, -0.25) is 0 Å². The van der Waals surface area contributed by atoms with E-state index < -0.39 is 0 Å². The van der Waals surface area contributed by atoms with E-state index in [1.54, 1.807) is 0 Å². The monoisotopic (exact) mass is 320 g/mol. The minimum atomic E-state index is 1.30. The number of hydrogen-bond acceptors (Lipinski definition) is 0. The molecule has 0 atom stereocenters. The van der Waals surface area contributed by atoms with Crippen LogP contribution < -0.4 is 0 Å². The van der Waals surface area contributed by atoms with Gasteiger partial charge in [0.05, 0.1) is 0 Å². The van der Waals surface area contributed by atoms with Crippen LogP contribution in [0.15, 0.2) is 66.7 Å². The van der Waals surface area contributed by atoms with Gasteiger partial charge in [-0.05, 0) is 105 Å². The van der Waals surface area contributed by atoms with Gasteiger partial charge in [-0.15, -0.1) is 0 Å². The number of aryl methyl sites for hydroxylation is 2. The third-order valence-corrected chi connectivity index (χ3v) is 5.80. The summed E-state index contributed by atoms with van der Waals surface area (Å²) in [5.41, 5.74) is 4.17. The number of fused-ring (bicyclic) bond motifs is 5. The molecule has 0 saturated heterocycles. The summed E-state index contributed by atoms with van der Waals surface area (Å²) in [6.45, 7) is 6.68. The molecular formula is C25H20. The van der Waals surface area contributed by atoms with E-state index >= 15 is 0 Å². The molecule has 0 saturated carbocycles. The highest BCUT2D eigenvalue weighted by atomic mass is 14.1. The van der Waals surface area contributed by atoms with E-state index in [-0.39, 0.29) is 0 Å². The predicted molar refractivity (Wildman–Crippen MR) is 111 cm³/mol. The molecule has 5 rings (SSSR count). The maximum atomic E-state index is 2.38. The summed E-state index contributed by atoms with van der Waals surface area (Å²) in [6, 6.07) is 24.8. The molecule has 0 nitrogen and oxygen atoms in total. The van der Waals surface area contributed by atoms with Gasteiger partial charge in [0.2, 0.25) is 0 Å². The van der Waals surface area contributed by atoms with Crippen molar-refractivity contribution in [1.82, 2.24) is 0 Å². The minimum Gasteiger partial charge on any atom is -0.0616 e. The fourth-order valence-electron chi connectivity index (χ4n) is 4.10. The third kappa shape index (κ3) is 2.07. The van der Waals surface area contributed by atoms with Gasteiger partial charge in [0.1, 0.15) is 0 Å². The zero-order valence-corrected chi connectivity index (χ0v) is 14.9. The quantitative estimate of drug-likeness (QED) is 0.209. The Morgan fingerprint density at radius 1 is 0.440 bits per heavy atom. The van der Waals surface area contributed by atoms with Crippen LogP contribution in [0.3, 0.4) is 0 Å². The van der Waals surface area contributed by atoms with Gasteiger partial charge in [0.25, 0.3) is 0 Å². The lowest BCUT2D eigenvalue weighted by molar-refractivity contribution is 1.30. The van der Waals surface area contributed by atoms with Gasteiger partial charge in [-0.1, -0.05) is 42.5 Å². The molecule has 0 aliphatic rings. The molecule has 120 valence electrons. The van der Waals surface area contributed by atoms with E-state index in [0.717, 1.165) is 0 Å². The van der Waals surface area contributed by atoms with Crippen LogP contribution in [0.5, 0.6) is 0 Å². The molecule has 0 N–H and O–H groups in total. The van der Waals surface area contributed by atoms with Crippen molar-refractivity contribution < 1.29 is 0 Å². The van der Waals surface area contributed by atoms with Crippen LogP contribution in [0.25, 0.3) is 43.1 Å². The van der Waals surface area contributed by atoms with Gasteiger partial charge >= 0.3 is 0 Å². The van der Waals surface area contributed by atoms with E-state index in [4.69, 9.17) is 0 Å². The maximum Gasteiger partial charge on any atom is -0.00988 e. The molecule has 0 radical (unpaired) electrons. The van der Waals surface area contributed by atoms with Crippen molar-refractivity contribution in [3.63, 3.8) is 0 Å². The van der Waals surface area contributed by atoms with Crippen molar-refractivity contribution in [2.45, 2.75) is 20.8 Å². The molecule has 0 heteroatoms. The highest BCUT2D eigenvalue weighted by Crippen LogP contribution is 2.34. The number of benzene rings is 5. The molecule has 25 heavy (non-hydrogen) atoms. The predicted octanol–water partition coefficient (Wildman–Crippen LogP) is 7.22. The van der Waals surface area contributed by atoms with Crippen LogP contribution in [0, 0.1) is 20.8 Å². The minimum absolute atomic E-state index is 1.30. The highest BCUT2D eigenvalue weighted by molar-refractivity contribution is 6.15. The summed E-state index contributed by atoms with van der Waals surface area (Å²) in [4.78, 5) is 0. The first-order chi connectivity index (χ1) is 12.1.